The molecule has 0 aromatic carbocycles. The molecule has 0 bridgehead atoms. The van der Waals surface area contributed by atoms with Crippen molar-refractivity contribution in [3.05, 3.63) is 26.5 Å². The zero-order valence-electron chi connectivity index (χ0n) is 15.2. The van der Waals surface area contributed by atoms with Crippen LogP contribution in [-0.4, -0.2) is 49.7 Å². The average Bonchev–Trinajstić information content (AvgIpc) is 2.84. The maximum atomic E-state index is 12.1. The summed E-state index contributed by atoms with van der Waals surface area (Å²) in [5, 5.41) is 13.2. The molecule has 2 heterocycles. The van der Waals surface area contributed by atoms with E-state index in [-0.39, 0.29) is 5.41 Å². The SMILES string of the molecule is CNCC1=C(c2sc3c(c2C(=O)O)CC(C)(C)CC3)CCN(C)C1. The van der Waals surface area contributed by atoms with Crippen molar-refractivity contribution in [1.82, 2.24) is 10.2 Å². The fraction of sp³-hybridized carbons (Fsp3) is 0.632. The summed E-state index contributed by atoms with van der Waals surface area (Å²) in [4.78, 5) is 16.7. The number of likely N-dealkylation sites (N-methyl/N-ethyl adjacent to an activating group) is 2. The van der Waals surface area contributed by atoms with Crippen molar-refractivity contribution in [2.45, 2.75) is 39.5 Å². The van der Waals surface area contributed by atoms with E-state index in [2.05, 4.69) is 31.1 Å². The smallest absolute Gasteiger partial charge is 0.337 e. The topological polar surface area (TPSA) is 52.6 Å². The van der Waals surface area contributed by atoms with Crippen LogP contribution in [0.1, 0.15) is 52.4 Å². The van der Waals surface area contributed by atoms with Gasteiger partial charge in [-0.25, -0.2) is 4.79 Å². The third kappa shape index (κ3) is 3.30. The molecule has 0 unspecified atom stereocenters. The summed E-state index contributed by atoms with van der Waals surface area (Å²) < 4.78 is 0. The van der Waals surface area contributed by atoms with Gasteiger partial charge in [-0.3, -0.25) is 0 Å². The molecule has 1 aliphatic carbocycles. The Bertz CT molecular complexity index is 688. The highest BCUT2D eigenvalue weighted by Gasteiger charge is 2.34. The van der Waals surface area contributed by atoms with Crippen LogP contribution < -0.4 is 5.32 Å². The molecule has 3 rings (SSSR count). The van der Waals surface area contributed by atoms with Gasteiger partial charge < -0.3 is 15.3 Å². The molecule has 0 spiro atoms. The van der Waals surface area contributed by atoms with Crippen molar-refractivity contribution in [1.29, 1.82) is 0 Å². The second-order valence-electron chi connectivity index (χ2n) is 7.95. The molecule has 1 aliphatic heterocycles. The summed E-state index contributed by atoms with van der Waals surface area (Å²) in [6.07, 6.45) is 3.98. The number of hydrogen-bond acceptors (Lipinski definition) is 4. The number of aromatic carboxylic acids is 1. The van der Waals surface area contributed by atoms with Gasteiger partial charge in [0.05, 0.1) is 5.56 Å². The van der Waals surface area contributed by atoms with Crippen LogP contribution in [0.25, 0.3) is 5.57 Å². The van der Waals surface area contributed by atoms with E-state index < -0.39 is 5.97 Å². The molecule has 0 radical (unpaired) electrons. The van der Waals surface area contributed by atoms with Crippen molar-refractivity contribution in [3.8, 4) is 0 Å². The van der Waals surface area contributed by atoms with Crippen molar-refractivity contribution in [2.75, 3.05) is 33.7 Å². The van der Waals surface area contributed by atoms with E-state index in [1.807, 2.05) is 7.05 Å². The highest BCUT2D eigenvalue weighted by Crippen LogP contribution is 2.45. The van der Waals surface area contributed by atoms with Gasteiger partial charge in [-0.05, 0) is 61.9 Å². The lowest BCUT2D eigenvalue weighted by Crippen LogP contribution is -2.31. The van der Waals surface area contributed by atoms with Gasteiger partial charge in [0.15, 0.2) is 0 Å². The first-order chi connectivity index (χ1) is 11.3. The molecule has 0 amide bonds. The fourth-order valence-corrected chi connectivity index (χ4v) is 5.42. The highest BCUT2D eigenvalue weighted by molar-refractivity contribution is 7.13. The van der Waals surface area contributed by atoms with Gasteiger partial charge in [0.25, 0.3) is 0 Å². The lowest BCUT2D eigenvalue weighted by Gasteiger charge is -2.29. The fourth-order valence-electron chi connectivity index (χ4n) is 3.99. The Morgan fingerprint density at radius 3 is 2.79 bits per heavy atom. The summed E-state index contributed by atoms with van der Waals surface area (Å²) in [5.74, 6) is -0.754. The quantitative estimate of drug-likeness (QED) is 0.877. The van der Waals surface area contributed by atoms with Gasteiger partial charge in [0.2, 0.25) is 0 Å². The van der Waals surface area contributed by atoms with Crippen LogP contribution in [0.4, 0.5) is 0 Å². The van der Waals surface area contributed by atoms with E-state index in [4.69, 9.17) is 0 Å². The Labute approximate surface area is 148 Å². The van der Waals surface area contributed by atoms with E-state index in [0.29, 0.717) is 5.56 Å². The lowest BCUT2D eigenvalue weighted by atomic mass is 9.75. The van der Waals surface area contributed by atoms with Crippen molar-refractivity contribution in [3.63, 3.8) is 0 Å². The third-order valence-corrected chi connectivity index (χ3v) is 6.64. The molecule has 5 heteroatoms. The predicted molar refractivity (Wildman–Crippen MR) is 100 cm³/mol. The molecular formula is C19H28N2O2S. The zero-order chi connectivity index (χ0) is 17.5. The van der Waals surface area contributed by atoms with Gasteiger partial charge in [-0.2, -0.15) is 0 Å². The number of nitrogens with one attached hydrogen (secondary N) is 1. The standard InChI is InChI=1S/C19H28N2O2S/c1-19(2)7-5-15-14(9-19)16(18(22)23)17(24-15)13-6-8-21(4)11-12(13)10-20-3/h20H,5-11H2,1-4H3,(H,22,23). The maximum Gasteiger partial charge on any atom is 0.337 e. The minimum atomic E-state index is -0.754. The Kier molecular flexibility index (Phi) is 4.87. The minimum absolute atomic E-state index is 0.199. The molecule has 2 aliphatic rings. The molecule has 0 atom stereocenters. The maximum absolute atomic E-state index is 12.1. The molecule has 0 saturated heterocycles. The first-order valence-corrected chi connectivity index (χ1v) is 9.56. The van der Waals surface area contributed by atoms with Crippen molar-refractivity contribution >= 4 is 22.9 Å². The van der Waals surface area contributed by atoms with Crippen molar-refractivity contribution < 1.29 is 9.90 Å². The number of rotatable bonds is 4. The Balaban J connectivity index is 2.12. The monoisotopic (exact) mass is 348 g/mol. The van der Waals surface area contributed by atoms with E-state index in [9.17, 15) is 9.90 Å². The molecule has 132 valence electrons. The van der Waals surface area contributed by atoms with Crippen LogP contribution in [0.3, 0.4) is 0 Å². The first-order valence-electron chi connectivity index (χ1n) is 8.74. The van der Waals surface area contributed by atoms with Gasteiger partial charge >= 0.3 is 5.97 Å². The van der Waals surface area contributed by atoms with Crippen LogP contribution in [0, 0.1) is 5.41 Å². The molecule has 0 saturated carbocycles. The Morgan fingerprint density at radius 1 is 1.38 bits per heavy atom. The number of carboxylic acid groups (broad SMARTS) is 1. The summed E-state index contributed by atoms with van der Waals surface area (Å²) in [7, 11) is 4.09. The van der Waals surface area contributed by atoms with E-state index in [1.54, 1.807) is 11.3 Å². The van der Waals surface area contributed by atoms with E-state index >= 15 is 0 Å². The average molecular weight is 349 g/mol. The van der Waals surface area contributed by atoms with Crippen LogP contribution >= 0.6 is 11.3 Å². The number of fused-ring (bicyclic) bond motifs is 1. The molecule has 2 N–H and O–H groups in total. The van der Waals surface area contributed by atoms with Crippen LogP contribution in [-0.2, 0) is 12.8 Å². The van der Waals surface area contributed by atoms with E-state index in [1.165, 1.54) is 16.0 Å². The summed E-state index contributed by atoms with van der Waals surface area (Å²) >= 11 is 1.74. The summed E-state index contributed by atoms with van der Waals surface area (Å²) in [5.41, 5.74) is 4.51. The first kappa shape index (κ1) is 17.6. The number of nitrogens with zero attached hydrogens (tertiary/aromatic N) is 1. The van der Waals surface area contributed by atoms with Crippen LogP contribution in [0.5, 0.6) is 0 Å². The molecular weight excluding hydrogens is 320 g/mol. The molecule has 0 fully saturated rings. The normalized spacial score (nSPS) is 21.0. The number of aryl methyl sites for hydroxylation is 1. The molecule has 1 aromatic rings. The predicted octanol–water partition coefficient (Wildman–Crippen LogP) is 3.27. The van der Waals surface area contributed by atoms with Crippen LogP contribution in [0.2, 0.25) is 0 Å². The number of carbonyl (C=O) groups is 1. The molecule has 24 heavy (non-hydrogen) atoms. The lowest BCUT2D eigenvalue weighted by molar-refractivity contribution is 0.0695. The van der Waals surface area contributed by atoms with E-state index in [0.717, 1.165) is 55.8 Å². The van der Waals surface area contributed by atoms with Crippen LogP contribution in [0.15, 0.2) is 5.57 Å². The van der Waals surface area contributed by atoms with Crippen molar-refractivity contribution in [2.24, 2.45) is 5.41 Å². The molecule has 1 aromatic heterocycles. The number of thiophene rings is 1. The van der Waals surface area contributed by atoms with Gasteiger partial charge in [0, 0.05) is 29.4 Å². The second kappa shape index (κ2) is 6.62. The van der Waals surface area contributed by atoms with Gasteiger partial charge in [-0.1, -0.05) is 13.8 Å². The third-order valence-electron chi connectivity index (χ3n) is 5.28. The Morgan fingerprint density at radius 2 is 2.12 bits per heavy atom. The minimum Gasteiger partial charge on any atom is -0.478 e. The Hall–Kier alpha value is -1.17. The number of carboxylic acids is 1. The molecule has 4 nitrogen and oxygen atoms in total. The highest BCUT2D eigenvalue weighted by atomic mass is 32.1. The summed E-state index contributed by atoms with van der Waals surface area (Å²) in [6.45, 7) is 7.24. The summed E-state index contributed by atoms with van der Waals surface area (Å²) in [6, 6.07) is 0. The number of hydrogen-bond donors (Lipinski definition) is 2. The van der Waals surface area contributed by atoms with Gasteiger partial charge in [-0.15, -0.1) is 11.3 Å². The van der Waals surface area contributed by atoms with Gasteiger partial charge in [0.1, 0.15) is 0 Å². The largest absolute Gasteiger partial charge is 0.478 e. The second-order valence-corrected chi connectivity index (χ2v) is 9.06. The zero-order valence-corrected chi connectivity index (χ0v) is 16.0.